The Morgan fingerprint density at radius 2 is 1.72 bits per heavy atom. The highest BCUT2D eigenvalue weighted by atomic mass is 35.5. The van der Waals surface area contributed by atoms with Crippen LogP contribution in [0, 0.1) is 17.5 Å². The van der Waals surface area contributed by atoms with Crippen molar-refractivity contribution >= 4 is 33.2 Å². The van der Waals surface area contributed by atoms with Crippen molar-refractivity contribution < 1.29 is 26.4 Å². The van der Waals surface area contributed by atoms with Crippen LogP contribution in [0.2, 0.25) is 5.02 Å². The second-order valence-electron chi connectivity index (χ2n) is 5.11. The molecule has 2 rings (SSSR count). The molecule has 10 heteroatoms. The van der Waals surface area contributed by atoms with Crippen molar-refractivity contribution in [2.24, 2.45) is 0 Å². The minimum Gasteiger partial charge on any atom is -0.319 e. The van der Waals surface area contributed by atoms with E-state index in [-0.39, 0.29) is 15.5 Å². The number of hydrogen-bond donors (Lipinski definition) is 1. The number of nitrogens with one attached hydrogen (secondary N) is 1. The fourth-order valence-electron chi connectivity index (χ4n) is 1.86. The molecule has 0 saturated carbocycles. The molecule has 2 aromatic rings. The summed E-state index contributed by atoms with van der Waals surface area (Å²) in [5, 5.41) is 1.93. The Morgan fingerprint density at radius 1 is 1.08 bits per heavy atom. The lowest BCUT2D eigenvalue weighted by atomic mass is 10.2. The monoisotopic (exact) mass is 392 g/mol. The Hall–Kier alpha value is -2.10. The average Bonchev–Trinajstić information content (AvgIpc) is 2.55. The zero-order chi connectivity index (χ0) is 18.9. The number of hydrogen-bond acceptors (Lipinski definition) is 3. The summed E-state index contributed by atoms with van der Waals surface area (Å²) in [5.41, 5.74) is -0.880. The molecule has 1 amide bonds. The van der Waals surface area contributed by atoms with Gasteiger partial charge in [0, 0.05) is 14.1 Å². The SMILES string of the molecule is CN(C)S(=O)(=O)c1ccc(Cl)c(C(=O)Nc2ccc(F)c(F)c2F)c1. The molecule has 0 heterocycles. The van der Waals surface area contributed by atoms with Crippen molar-refractivity contribution in [3.05, 3.63) is 58.4 Å². The van der Waals surface area contributed by atoms with Crippen molar-refractivity contribution in [3.63, 3.8) is 0 Å². The van der Waals surface area contributed by atoms with Gasteiger partial charge < -0.3 is 5.32 Å². The van der Waals surface area contributed by atoms with Crippen LogP contribution in [0.15, 0.2) is 35.2 Å². The van der Waals surface area contributed by atoms with Gasteiger partial charge in [0.25, 0.3) is 5.91 Å². The van der Waals surface area contributed by atoms with E-state index < -0.39 is 39.1 Å². The Bertz CT molecular complexity index is 949. The summed E-state index contributed by atoms with van der Waals surface area (Å²) >= 11 is 5.89. The molecule has 1 N–H and O–H groups in total. The molecule has 0 aromatic heterocycles. The number of anilines is 1. The molecule has 0 fully saturated rings. The lowest BCUT2D eigenvalue weighted by molar-refractivity contribution is 0.102. The molecule has 5 nitrogen and oxygen atoms in total. The average molecular weight is 393 g/mol. The summed E-state index contributed by atoms with van der Waals surface area (Å²) in [6.45, 7) is 0. The first-order valence-electron chi connectivity index (χ1n) is 6.72. The van der Waals surface area contributed by atoms with E-state index in [1.807, 2.05) is 5.32 Å². The number of carbonyl (C=O) groups excluding carboxylic acids is 1. The zero-order valence-corrected chi connectivity index (χ0v) is 14.6. The van der Waals surface area contributed by atoms with Crippen molar-refractivity contribution in [1.29, 1.82) is 0 Å². The third kappa shape index (κ3) is 3.78. The highest BCUT2D eigenvalue weighted by Gasteiger charge is 2.22. The van der Waals surface area contributed by atoms with Crippen LogP contribution in [-0.2, 0) is 10.0 Å². The Kier molecular flexibility index (Phi) is 5.40. The summed E-state index contributed by atoms with van der Waals surface area (Å²) in [7, 11) is -1.22. The smallest absolute Gasteiger partial charge is 0.257 e. The van der Waals surface area contributed by atoms with Gasteiger partial charge in [-0.2, -0.15) is 0 Å². The molecule has 0 atom stereocenters. The molecular weight excluding hydrogens is 381 g/mol. The van der Waals surface area contributed by atoms with Gasteiger partial charge in [-0.15, -0.1) is 0 Å². The third-order valence-electron chi connectivity index (χ3n) is 3.24. The Balaban J connectivity index is 2.42. The van der Waals surface area contributed by atoms with Gasteiger partial charge in [-0.05, 0) is 30.3 Å². The van der Waals surface area contributed by atoms with Crippen molar-refractivity contribution in [1.82, 2.24) is 4.31 Å². The summed E-state index contributed by atoms with van der Waals surface area (Å²) in [4.78, 5) is 12.0. The maximum atomic E-state index is 13.6. The number of amides is 1. The first-order chi connectivity index (χ1) is 11.6. The number of rotatable bonds is 4. The highest BCUT2D eigenvalue weighted by molar-refractivity contribution is 7.89. The van der Waals surface area contributed by atoms with E-state index >= 15 is 0 Å². The minimum atomic E-state index is -3.83. The second kappa shape index (κ2) is 7.03. The first kappa shape index (κ1) is 19.2. The van der Waals surface area contributed by atoms with Gasteiger partial charge in [-0.3, -0.25) is 4.79 Å². The number of benzene rings is 2. The van der Waals surface area contributed by atoms with Crippen molar-refractivity contribution in [2.75, 3.05) is 19.4 Å². The van der Waals surface area contributed by atoms with Crippen LogP contribution in [0.5, 0.6) is 0 Å². The standard InChI is InChI=1S/C15H12ClF3N2O3S/c1-21(2)25(23,24)8-3-4-10(16)9(7-8)15(22)20-12-6-5-11(17)13(18)14(12)19/h3-7H,1-2H3,(H,20,22). The van der Waals surface area contributed by atoms with Crippen LogP contribution < -0.4 is 5.32 Å². The molecule has 0 unspecified atom stereocenters. The minimum absolute atomic E-state index is 0.0989. The fourth-order valence-corrected chi connectivity index (χ4v) is 2.99. The summed E-state index contributed by atoms with van der Waals surface area (Å²) in [6, 6.07) is 4.87. The predicted molar refractivity (Wildman–Crippen MR) is 86.6 cm³/mol. The Labute approximate surface area is 147 Å². The summed E-state index contributed by atoms with van der Waals surface area (Å²) < 4.78 is 65.0. The maximum Gasteiger partial charge on any atom is 0.257 e. The van der Waals surface area contributed by atoms with E-state index in [1.54, 1.807) is 0 Å². The van der Waals surface area contributed by atoms with E-state index in [0.717, 1.165) is 16.4 Å². The quantitative estimate of drug-likeness (QED) is 0.812. The van der Waals surface area contributed by atoms with Gasteiger partial charge in [-0.25, -0.2) is 25.9 Å². The molecule has 25 heavy (non-hydrogen) atoms. The van der Waals surface area contributed by atoms with Crippen LogP contribution in [0.3, 0.4) is 0 Å². The van der Waals surface area contributed by atoms with Crippen LogP contribution in [0.1, 0.15) is 10.4 Å². The van der Waals surface area contributed by atoms with Crippen LogP contribution in [0.4, 0.5) is 18.9 Å². The number of nitrogens with zero attached hydrogens (tertiary/aromatic N) is 1. The number of sulfonamides is 1. The van der Waals surface area contributed by atoms with E-state index in [9.17, 15) is 26.4 Å². The Morgan fingerprint density at radius 3 is 2.32 bits per heavy atom. The van der Waals surface area contributed by atoms with Gasteiger partial charge in [0.05, 0.1) is 21.2 Å². The molecular formula is C15H12ClF3N2O3S. The van der Waals surface area contributed by atoms with Crippen molar-refractivity contribution in [2.45, 2.75) is 4.90 Å². The van der Waals surface area contributed by atoms with Gasteiger partial charge in [0.2, 0.25) is 10.0 Å². The van der Waals surface area contributed by atoms with Crippen LogP contribution in [-0.4, -0.2) is 32.7 Å². The molecule has 134 valence electrons. The van der Waals surface area contributed by atoms with E-state index in [0.29, 0.717) is 6.07 Å². The lowest BCUT2D eigenvalue weighted by Gasteiger charge is -2.13. The number of halogens is 4. The predicted octanol–water partition coefficient (Wildman–Crippen LogP) is 3.26. The van der Waals surface area contributed by atoms with Gasteiger partial charge in [-0.1, -0.05) is 11.6 Å². The molecule has 0 aliphatic heterocycles. The van der Waals surface area contributed by atoms with E-state index in [4.69, 9.17) is 11.6 Å². The van der Waals surface area contributed by atoms with Crippen LogP contribution in [0.25, 0.3) is 0 Å². The largest absolute Gasteiger partial charge is 0.319 e. The normalized spacial score (nSPS) is 11.6. The van der Waals surface area contributed by atoms with Gasteiger partial charge in [0.1, 0.15) is 0 Å². The topological polar surface area (TPSA) is 66.5 Å². The molecule has 0 saturated heterocycles. The first-order valence-corrected chi connectivity index (χ1v) is 8.54. The highest BCUT2D eigenvalue weighted by Crippen LogP contribution is 2.25. The maximum absolute atomic E-state index is 13.6. The fraction of sp³-hybridized carbons (Fsp3) is 0.133. The molecule has 0 aliphatic rings. The van der Waals surface area contributed by atoms with Crippen LogP contribution >= 0.6 is 11.6 Å². The van der Waals surface area contributed by atoms with Crippen molar-refractivity contribution in [3.8, 4) is 0 Å². The van der Waals surface area contributed by atoms with Gasteiger partial charge in [0.15, 0.2) is 17.5 Å². The molecule has 0 bridgehead atoms. The molecule has 0 spiro atoms. The van der Waals surface area contributed by atoms with E-state index in [2.05, 4.69) is 0 Å². The van der Waals surface area contributed by atoms with Gasteiger partial charge >= 0.3 is 0 Å². The lowest BCUT2D eigenvalue weighted by Crippen LogP contribution is -2.23. The second-order valence-corrected chi connectivity index (χ2v) is 7.67. The summed E-state index contributed by atoms with van der Waals surface area (Å²) in [6.07, 6.45) is 0. The third-order valence-corrected chi connectivity index (χ3v) is 5.39. The van der Waals surface area contributed by atoms with E-state index in [1.165, 1.54) is 26.2 Å². The molecule has 0 radical (unpaired) electrons. The molecule has 2 aromatic carbocycles. The number of carbonyl (C=O) groups is 1. The summed E-state index contributed by atoms with van der Waals surface area (Å²) in [5.74, 6) is -5.72. The molecule has 0 aliphatic carbocycles. The zero-order valence-electron chi connectivity index (χ0n) is 13.0.